The minimum atomic E-state index is 0.238. The van der Waals surface area contributed by atoms with Gasteiger partial charge in [0.25, 0.3) is 0 Å². The van der Waals surface area contributed by atoms with Gasteiger partial charge in [-0.15, -0.1) is 0 Å². The third kappa shape index (κ3) is 3.49. The predicted octanol–water partition coefficient (Wildman–Crippen LogP) is 3.43. The van der Waals surface area contributed by atoms with Crippen LogP contribution in [0.25, 0.3) is 11.3 Å². The second-order valence-corrected chi connectivity index (χ2v) is 6.93. The van der Waals surface area contributed by atoms with Crippen LogP contribution in [-0.2, 0) is 13.0 Å². The van der Waals surface area contributed by atoms with E-state index in [1.165, 1.54) is 11.3 Å². The van der Waals surface area contributed by atoms with Crippen LogP contribution in [0.3, 0.4) is 0 Å². The highest BCUT2D eigenvalue weighted by molar-refractivity contribution is 5.62. The molecule has 2 heterocycles. The summed E-state index contributed by atoms with van der Waals surface area (Å²) in [7, 11) is 0. The van der Waals surface area contributed by atoms with E-state index in [1.54, 1.807) is 12.1 Å². The Morgan fingerprint density at radius 2 is 1.85 bits per heavy atom. The lowest BCUT2D eigenvalue weighted by Gasteiger charge is -2.16. The molecule has 5 heteroatoms. The molecule has 2 atom stereocenters. The van der Waals surface area contributed by atoms with E-state index >= 15 is 0 Å². The first kappa shape index (κ1) is 16.8. The topological polar surface area (TPSA) is 62.1 Å². The van der Waals surface area contributed by atoms with E-state index in [-0.39, 0.29) is 6.04 Å². The standard InChI is InChI=1S/C21H24N4O/c1-15-13-19(24-23-15)21-20(17-5-3-2-4-6-17)22-14-25(21)12-11-16-7-9-18(26)10-8-16/h2-10,14-15,19,23-24,26H,11-13H2,1H3. The summed E-state index contributed by atoms with van der Waals surface area (Å²) in [6, 6.07) is 18.5. The zero-order valence-electron chi connectivity index (χ0n) is 14.9. The van der Waals surface area contributed by atoms with E-state index in [2.05, 4.69) is 46.6 Å². The van der Waals surface area contributed by atoms with Crippen molar-refractivity contribution in [2.75, 3.05) is 0 Å². The largest absolute Gasteiger partial charge is 0.508 e. The van der Waals surface area contributed by atoms with Gasteiger partial charge in [-0.1, -0.05) is 42.5 Å². The van der Waals surface area contributed by atoms with Crippen molar-refractivity contribution in [3.05, 3.63) is 72.2 Å². The lowest BCUT2D eigenvalue weighted by molar-refractivity contribution is 0.475. The Kier molecular flexibility index (Phi) is 4.73. The molecule has 0 radical (unpaired) electrons. The number of nitrogens with one attached hydrogen (secondary N) is 2. The molecule has 3 N–H and O–H groups in total. The number of hydrogen-bond acceptors (Lipinski definition) is 4. The molecule has 0 spiro atoms. The summed E-state index contributed by atoms with van der Waals surface area (Å²) in [5.41, 5.74) is 11.4. The number of aryl methyl sites for hydroxylation is 2. The van der Waals surface area contributed by atoms with Gasteiger partial charge in [0.15, 0.2) is 0 Å². The van der Waals surface area contributed by atoms with Gasteiger partial charge in [-0.25, -0.2) is 10.4 Å². The molecule has 134 valence electrons. The first-order valence-electron chi connectivity index (χ1n) is 9.10. The summed E-state index contributed by atoms with van der Waals surface area (Å²) in [4.78, 5) is 4.74. The zero-order valence-corrected chi connectivity index (χ0v) is 14.9. The van der Waals surface area contributed by atoms with Crippen LogP contribution < -0.4 is 10.9 Å². The molecular formula is C21H24N4O. The van der Waals surface area contributed by atoms with Crippen LogP contribution in [0.2, 0.25) is 0 Å². The monoisotopic (exact) mass is 348 g/mol. The first-order chi connectivity index (χ1) is 12.7. The van der Waals surface area contributed by atoms with Crippen LogP contribution >= 0.6 is 0 Å². The molecule has 26 heavy (non-hydrogen) atoms. The molecule has 1 saturated heterocycles. The second-order valence-electron chi connectivity index (χ2n) is 6.93. The number of hydrogen-bond donors (Lipinski definition) is 3. The molecule has 0 bridgehead atoms. The van der Waals surface area contributed by atoms with Crippen LogP contribution in [0.1, 0.15) is 30.6 Å². The van der Waals surface area contributed by atoms with E-state index in [1.807, 2.05) is 24.5 Å². The molecule has 2 aromatic carbocycles. The number of rotatable bonds is 5. The SMILES string of the molecule is CC1CC(c2c(-c3ccccc3)ncn2CCc2ccc(O)cc2)NN1. The van der Waals surface area contributed by atoms with E-state index in [4.69, 9.17) is 4.98 Å². The van der Waals surface area contributed by atoms with Crippen molar-refractivity contribution in [3.8, 4) is 17.0 Å². The Labute approximate surface area is 153 Å². The fraction of sp³-hybridized carbons (Fsp3) is 0.286. The third-order valence-corrected chi connectivity index (χ3v) is 4.93. The van der Waals surface area contributed by atoms with Crippen molar-refractivity contribution < 1.29 is 5.11 Å². The fourth-order valence-corrected chi connectivity index (χ4v) is 3.56. The molecule has 2 unspecified atom stereocenters. The summed E-state index contributed by atoms with van der Waals surface area (Å²) in [5, 5.41) is 9.45. The van der Waals surface area contributed by atoms with Gasteiger partial charge in [0.05, 0.1) is 23.8 Å². The lowest BCUT2D eigenvalue weighted by Crippen LogP contribution is -2.29. The Morgan fingerprint density at radius 3 is 2.54 bits per heavy atom. The van der Waals surface area contributed by atoms with Crippen molar-refractivity contribution >= 4 is 0 Å². The Hall–Kier alpha value is -2.63. The van der Waals surface area contributed by atoms with E-state index in [9.17, 15) is 5.11 Å². The van der Waals surface area contributed by atoms with Crippen molar-refractivity contribution in [3.63, 3.8) is 0 Å². The Bertz CT molecular complexity index is 857. The maximum Gasteiger partial charge on any atom is 0.115 e. The average molecular weight is 348 g/mol. The van der Waals surface area contributed by atoms with Gasteiger partial charge in [0, 0.05) is 18.2 Å². The van der Waals surface area contributed by atoms with Crippen LogP contribution in [-0.4, -0.2) is 20.7 Å². The minimum absolute atomic E-state index is 0.238. The van der Waals surface area contributed by atoms with E-state index in [0.29, 0.717) is 11.8 Å². The van der Waals surface area contributed by atoms with Gasteiger partial charge >= 0.3 is 0 Å². The molecule has 0 saturated carbocycles. The van der Waals surface area contributed by atoms with Crippen molar-refractivity contribution in [2.24, 2.45) is 0 Å². The minimum Gasteiger partial charge on any atom is -0.508 e. The van der Waals surface area contributed by atoms with E-state index < -0.39 is 0 Å². The van der Waals surface area contributed by atoms with Crippen molar-refractivity contribution in [2.45, 2.75) is 38.4 Å². The van der Waals surface area contributed by atoms with Crippen molar-refractivity contribution in [1.29, 1.82) is 0 Å². The number of aromatic nitrogens is 2. The molecule has 4 rings (SSSR count). The highest BCUT2D eigenvalue weighted by atomic mass is 16.3. The summed E-state index contributed by atoms with van der Waals surface area (Å²) < 4.78 is 2.26. The average Bonchev–Trinajstić information content (AvgIpc) is 3.28. The highest BCUT2D eigenvalue weighted by Gasteiger charge is 2.28. The molecule has 5 nitrogen and oxygen atoms in total. The van der Waals surface area contributed by atoms with Crippen LogP contribution in [0.5, 0.6) is 5.75 Å². The zero-order chi connectivity index (χ0) is 17.9. The normalized spacial score (nSPS) is 19.7. The van der Waals surface area contributed by atoms with Crippen molar-refractivity contribution in [1.82, 2.24) is 20.4 Å². The number of benzene rings is 2. The molecule has 1 fully saturated rings. The van der Waals surface area contributed by atoms with Crippen LogP contribution in [0, 0.1) is 0 Å². The third-order valence-electron chi connectivity index (χ3n) is 4.93. The van der Waals surface area contributed by atoms with Gasteiger partial charge in [0.1, 0.15) is 5.75 Å². The van der Waals surface area contributed by atoms with Crippen LogP contribution in [0.4, 0.5) is 0 Å². The molecule has 1 aromatic heterocycles. The summed E-state index contributed by atoms with van der Waals surface area (Å²) in [5.74, 6) is 0.304. The predicted molar refractivity (Wildman–Crippen MR) is 103 cm³/mol. The number of phenols is 1. The fourth-order valence-electron chi connectivity index (χ4n) is 3.56. The molecule has 1 aliphatic heterocycles. The first-order valence-corrected chi connectivity index (χ1v) is 9.10. The summed E-state index contributed by atoms with van der Waals surface area (Å²) in [6.45, 7) is 3.04. The second kappa shape index (κ2) is 7.32. The van der Waals surface area contributed by atoms with Gasteiger partial charge in [-0.2, -0.15) is 0 Å². The van der Waals surface area contributed by atoms with Gasteiger partial charge in [-0.3, -0.25) is 5.43 Å². The maximum atomic E-state index is 9.45. The number of hydrazine groups is 1. The maximum absolute atomic E-state index is 9.45. The lowest BCUT2D eigenvalue weighted by atomic mass is 10.0. The molecule has 1 aliphatic rings. The molecule has 3 aromatic rings. The van der Waals surface area contributed by atoms with Crippen LogP contribution in [0.15, 0.2) is 60.9 Å². The molecular weight excluding hydrogens is 324 g/mol. The van der Waals surface area contributed by atoms with E-state index in [0.717, 1.165) is 30.6 Å². The van der Waals surface area contributed by atoms with Gasteiger partial charge < -0.3 is 9.67 Å². The molecule has 0 aliphatic carbocycles. The highest BCUT2D eigenvalue weighted by Crippen LogP contribution is 2.31. The number of phenolic OH excluding ortho intramolecular Hbond substituents is 1. The smallest absolute Gasteiger partial charge is 0.115 e. The number of aromatic hydroxyl groups is 1. The van der Waals surface area contributed by atoms with Gasteiger partial charge in [-0.05, 0) is 37.5 Å². The quantitative estimate of drug-likeness (QED) is 0.661. The molecule has 0 amide bonds. The Morgan fingerprint density at radius 1 is 1.08 bits per heavy atom. The number of imidazole rings is 1. The summed E-state index contributed by atoms with van der Waals surface area (Å²) in [6.07, 6.45) is 3.88. The Balaban J connectivity index is 1.63. The van der Waals surface area contributed by atoms with Gasteiger partial charge in [0.2, 0.25) is 0 Å². The number of nitrogens with zero attached hydrogens (tertiary/aromatic N) is 2. The summed E-state index contributed by atoms with van der Waals surface area (Å²) >= 11 is 0.